The fourth-order valence-corrected chi connectivity index (χ4v) is 5.31. The van der Waals surface area contributed by atoms with Crippen LogP contribution in [-0.4, -0.2) is 41.7 Å². The summed E-state index contributed by atoms with van der Waals surface area (Å²) in [5, 5.41) is 2.98. The van der Waals surface area contributed by atoms with Gasteiger partial charge in [-0.1, -0.05) is 57.2 Å². The molecule has 0 saturated heterocycles. The monoisotopic (exact) mass is 454 g/mol. The van der Waals surface area contributed by atoms with Crippen molar-refractivity contribution in [1.82, 2.24) is 19.6 Å². The Bertz CT molecular complexity index is 1170. The number of hydrogen-bond acceptors (Lipinski definition) is 4. The highest BCUT2D eigenvalue weighted by molar-refractivity contribution is 7.89. The maximum Gasteiger partial charge on any atom is 0.251 e. The summed E-state index contributed by atoms with van der Waals surface area (Å²) in [5.41, 5.74) is 2.79. The number of nitrogens with zero attached hydrogens (tertiary/aromatic N) is 2. The first kappa shape index (κ1) is 23.7. The number of H-pyrrole nitrogens is 1. The number of hydrogen-bond donors (Lipinski definition) is 2. The van der Waals surface area contributed by atoms with Crippen LogP contribution < -0.4 is 5.32 Å². The average molecular weight is 455 g/mol. The third-order valence-corrected chi connectivity index (χ3v) is 7.69. The molecule has 2 N–H and O–H groups in total. The van der Waals surface area contributed by atoms with Gasteiger partial charge in [-0.25, -0.2) is 13.4 Å². The second-order valence-electron chi connectivity index (χ2n) is 7.55. The van der Waals surface area contributed by atoms with Gasteiger partial charge < -0.3 is 10.3 Å². The van der Waals surface area contributed by atoms with Gasteiger partial charge in [-0.05, 0) is 36.6 Å². The van der Waals surface area contributed by atoms with Crippen molar-refractivity contribution in [3.63, 3.8) is 0 Å². The second kappa shape index (κ2) is 10.1. The van der Waals surface area contributed by atoms with E-state index in [1.165, 1.54) is 10.4 Å². The van der Waals surface area contributed by atoms with Crippen LogP contribution in [0, 0.1) is 6.92 Å². The van der Waals surface area contributed by atoms with Crippen LogP contribution in [-0.2, 0) is 10.0 Å². The molecule has 0 radical (unpaired) electrons. The Balaban J connectivity index is 1.84. The molecule has 0 aliphatic rings. The maximum atomic E-state index is 13.0. The molecule has 3 rings (SSSR count). The highest BCUT2D eigenvalue weighted by Gasteiger charge is 2.25. The lowest BCUT2D eigenvalue weighted by molar-refractivity contribution is 0.0933. The van der Waals surface area contributed by atoms with Crippen LogP contribution in [0.25, 0.3) is 11.3 Å². The van der Waals surface area contributed by atoms with Gasteiger partial charge in [0.15, 0.2) is 0 Å². The summed E-state index contributed by atoms with van der Waals surface area (Å²) in [7, 11) is -3.67. The zero-order valence-corrected chi connectivity index (χ0v) is 19.7. The molecular weight excluding hydrogens is 424 g/mol. The number of sulfonamides is 1. The van der Waals surface area contributed by atoms with E-state index in [-0.39, 0.29) is 16.8 Å². The van der Waals surface area contributed by atoms with Crippen LogP contribution in [0.3, 0.4) is 0 Å². The summed E-state index contributed by atoms with van der Waals surface area (Å²) >= 11 is 0. The predicted molar refractivity (Wildman–Crippen MR) is 126 cm³/mol. The molecule has 0 spiro atoms. The van der Waals surface area contributed by atoms with Crippen molar-refractivity contribution >= 4 is 15.9 Å². The van der Waals surface area contributed by atoms with Crippen LogP contribution in [0.5, 0.6) is 0 Å². The summed E-state index contributed by atoms with van der Waals surface area (Å²) in [4.78, 5) is 20.9. The topological polar surface area (TPSA) is 95.2 Å². The van der Waals surface area contributed by atoms with Gasteiger partial charge in [-0.15, -0.1) is 0 Å². The Labute approximate surface area is 189 Å². The largest absolute Gasteiger partial charge is 0.342 e. The Morgan fingerprint density at radius 2 is 1.78 bits per heavy atom. The molecule has 1 unspecified atom stereocenters. The summed E-state index contributed by atoms with van der Waals surface area (Å²) < 4.78 is 27.4. The van der Waals surface area contributed by atoms with E-state index in [2.05, 4.69) is 15.3 Å². The van der Waals surface area contributed by atoms with Gasteiger partial charge in [0.25, 0.3) is 5.91 Å². The van der Waals surface area contributed by atoms with Crippen molar-refractivity contribution in [2.24, 2.45) is 0 Å². The fraction of sp³-hybridized carbons (Fsp3) is 0.333. The van der Waals surface area contributed by atoms with Crippen molar-refractivity contribution in [2.45, 2.75) is 45.1 Å². The number of aromatic amines is 1. The lowest BCUT2D eigenvalue weighted by Crippen LogP contribution is -2.32. The quantitative estimate of drug-likeness (QED) is 0.504. The first-order valence-corrected chi connectivity index (χ1v) is 12.3. The average Bonchev–Trinajstić information content (AvgIpc) is 3.29. The minimum absolute atomic E-state index is 0.159. The second-order valence-corrected chi connectivity index (χ2v) is 9.46. The van der Waals surface area contributed by atoms with Crippen molar-refractivity contribution < 1.29 is 13.2 Å². The molecule has 0 aliphatic carbocycles. The molecule has 0 bridgehead atoms. The number of aromatic nitrogens is 2. The molecule has 3 aromatic rings. The smallest absolute Gasteiger partial charge is 0.251 e. The fourth-order valence-electron chi connectivity index (χ4n) is 3.61. The van der Waals surface area contributed by atoms with E-state index in [9.17, 15) is 13.2 Å². The van der Waals surface area contributed by atoms with E-state index in [0.717, 1.165) is 11.3 Å². The van der Waals surface area contributed by atoms with Crippen LogP contribution in [0.15, 0.2) is 59.6 Å². The molecular formula is C24H30N4O3S. The molecule has 1 aromatic heterocycles. The maximum absolute atomic E-state index is 13.0. The van der Waals surface area contributed by atoms with Crippen LogP contribution >= 0.6 is 0 Å². The van der Waals surface area contributed by atoms with E-state index in [1.54, 1.807) is 39.1 Å². The number of imidazole rings is 1. The zero-order chi connectivity index (χ0) is 23.3. The standard InChI is InChI=1S/C24H30N4O3S/c1-5-20(23-25-16-21(26-23)18-11-9-8-10-12-18)27-24(29)19-14-13-17(4)22(15-19)32(30,31)28(6-2)7-3/h8-16,20H,5-7H2,1-4H3,(H,25,26)(H,27,29). The van der Waals surface area contributed by atoms with E-state index >= 15 is 0 Å². The first-order chi connectivity index (χ1) is 15.3. The molecule has 0 fully saturated rings. The molecule has 1 atom stereocenters. The highest BCUT2D eigenvalue weighted by atomic mass is 32.2. The molecule has 8 heteroatoms. The molecule has 0 saturated carbocycles. The summed E-state index contributed by atoms with van der Waals surface area (Å²) in [6.45, 7) is 8.03. The van der Waals surface area contributed by atoms with Gasteiger partial charge in [0.05, 0.1) is 22.8 Å². The lowest BCUT2D eigenvalue weighted by Gasteiger charge is -2.20. The number of benzene rings is 2. The third-order valence-electron chi connectivity index (χ3n) is 5.50. The van der Waals surface area contributed by atoms with Crippen molar-refractivity contribution in [2.75, 3.05) is 13.1 Å². The minimum Gasteiger partial charge on any atom is -0.342 e. The molecule has 0 aliphatic heterocycles. The van der Waals surface area contributed by atoms with Crippen LogP contribution in [0.2, 0.25) is 0 Å². The van der Waals surface area contributed by atoms with E-state index in [1.807, 2.05) is 37.3 Å². The summed E-state index contributed by atoms with van der Waals surface area (Å²) in [6, 6.07) is 14.3. The van der Waals surface area contributed by atoms with Gasteiger partial charge in [-0.3, -0.25) is 4.79 Å². The summed E-state index contributed by atoms with van der Waals surface area (Å²) in [6.07, 6.45) is 2.38. The zero-order valence-electron chi connectivity index (χ0n) is 18.9. The normalized spacial score (nSPS) is 12.7. The molecule has 2 aromatic carbocycles. The molecule has 32 heavy (non-hydrogen) atoms. The molecule has 7 nitrogen and oxygen atoms in total. The number of aryl methyl sites for hydroxylation is 1. The number of nitrogens with one attached hydrogen (secondary N) is 2. The first-order valence-electron chi connectivity index (χ1n) is 10.8. The van der Waals surface area contributed by atoms with Gasteiger partial charge in [0.1, 0.15) is 5.82 Å². The summed E-state index contributed by atoms with van der Waals surface area (Å²) in [5.74, 6) is 0.313. The van der Waals surface area contributed by atoms with Crippen molar-refractivity contribution in [1.29, 1.82) is 0 Å². The number of amides is 1. The Morgan fingerprint density at radius 3 is 2.41 bits per heavy atom. The van der Waals surface area contributed by atoms with Gasteiger partial charge >= 0.3 is 0 Å². The number of rotatable bonds is 9. The Hall–Kier alpha value is -2.97. The van der Waals surface area contributed by atoms with E-state index in [0.29, 0.717) is 36.5 Å². The van der Waals surface area contributed by atoms with Crippen LogP contribution in [0.1, 0.15) is 55.0 Å². The van der Waals surface area contributed by atoms with E-state index in [4.69, 9.17) is 0 Å². The van der Waals surface area contributed by atoms with E-state index < -0.39 is 10.0 Å². The molecule has 170 valence electrons. The highest BCUT2D eigenvalue weighted by Crippen LogP contribution is 2.23. The Morgan fingerprint density at radius 1 is 1.09 bits per heavy atom. The third kappa shape index (κ3) is 4.92. The van der Waals surface area contributed by atoms with Gasteiger partial charge in [-0.2, -0.15) is 4.31 Å². The molecule has 1 amide bonds. The van der Waals surface area contributed by atoms with Crippen molar-refractivity contribution in [3.05, 3.63) is 71.7 Å². The van der Waals surface area contributed by atoms with Gasteiger partial charge in [0, 0.05) is 18.7 Å². The van der Waals surface area contributed by atoms with Crippen LogP contribution in [0.4, 0.5) is 0 Å². The van der Waals surface area contributed by atoms with Crippen molar-refractivity contribution in [3.8, 4) is 11.3 Å². The lowest BCUT2D eigenvalue weighted by atomic mass is 10.1. The number of carbonyl (C=O) groups is 1. The van der Waals surface area contributed by atoms with Gasteiger partial charge in [0.2, 0.25) is 10.0 Å². The minimum atomic E-state index is -3.67. The Kier molecular flexibility index (Phi) is 7.48. The molecule has 1 heterocycles. The SMILES string of the molecule is CCC(NC(=O)c1ccc(C)c(S(=O)(=O)N(CC)CC)c1)c1ncc(-c2ccccc2)[nH]1. The number of carbonyl (C=O) groups excluding carboxylic acids is 1. The predicted octanol–water partition coefficient (Wildman–Crippen LogP) is 4.30.